The second-order valence-electron chi connectivity index (χ2n) is 34.4. The standard InChI is InChI=1S/C24H20FN3O2.C22H20N2O2.C20H19N3O2.C19H17N3O2.C17H16FN3O2.C16H18N2O2/c25-20-11-17(14-26)12-22(13-20)30-16-21-8-7-18(15-27-21)23(29)28-24(9-4-10-24)19-5-2-1-3-6-19;25-22(24-21-13-11-16-6-4-5-9-20(16)21)17-10-12-18(23-14-17)15-26-19-7-2-1-3-8-19;24-20(22-13-11-17-6-4-5-12-21-17)16-9-10-18(23-14-16)15-25-19-7-2-1-3-8-19;23-19(22-13-16-6-4-5-11-20-16)15-9-10-17(21-12-15)14-24-18-7-2-1-3-8-18;1-11(2)21-17(22)13-3-4-15(20-9-13)10-23-16-6-12(8-19)5-14(18)7-16;1-12(2)18-16(19)13-8-9-14(17-10-13)11-20-15-6-4-3-5-7-15/h1-3,5-8,11-13,15H,4,9-10,16H2,(H,28,29);1-10,12,14,21H,11,13,15H2,(H,24,25);1-10,12,14H,11,13,15H2,(H,22,24);1-12H,13-14H2,(H,22,23);3-7,9,11H,10H2,1-2H3,(H,21,22);3-10,12H,11H2,1-2H3,(H,18,19). The predicted octanol–water partition coefficient (Wildman–Crippen LogP) is 20.2. The first-order valence-electron chi connectivity index (χ1n) is 47.9. The maximum atomic E-state index is 13.5. The van der Waals surface area contributed by atoms with Crippen LogP contribution in [0.5, 0.6) is 34.5 Å². The average molecular weight is 1980 g/mol. The molecule has 2 aliphatic rings. The van der Waals surface area contributed by atoms with Crippen LogP contribution >= 0.6 is 0 Å². The largest absolute Gasteiger partial charge is 0.487 e. The fraction of sp³-hybridized carbons (Fsp3) is 0.186. The van der Waals surface area contributed by atoms with Gasteiger partial charge in [0.25, 0.3) is 35.4 Å². The van der Waals surface area contributed by atoms with Crippen molar-refractivity contribution in [1.82, 2.24) is 71.8 Å². The van der Waals surface area contributed by atoms with Gasteiger partial charge >= 0.3 is 0 Å². The highest BCUT2D eigenvalue weighted by atomic mass is 19.1. The van der Waals surface area contributed by atoms with Crippen LogP contribution in [0, 0.1) is 34.3 Å². The predicted molar refractivity (Wildman–Crippen MR) is 555 cm³/mol. The Morgan fingerprint density at radius 3 is 1.04 bits per heavy atom. The molecule has 1 unspecified atom stereocenters. The summed E-state index contributed by atoms with van der Waals surface area (Å²) in [6, 6.07) is 101. The van der Waals surface area contributed by atoms with Crippen LogP contribution in [0.4, 0.5) is 8.78 Å². The van der Waals surface area contributed by atoms with Gasteiger partial charge in [-0.3, -0.25) is 68.6 Å². The van der Waals surface area contributed by atoms with Gasteiger partial charge in [0, 0.05) is 92.5 Å². The van der Waals surface area contributed by atoms with Gasteiger partial charge in [0.15, 0.2) is 0 Å². The van der Waals surface area contributed by atoms with Crippen molar-refractivity contribution in [2.24, 2.45) is 0 Å². The van der Waals surface area contributed by atoms with Crippen molar-refractivity contribution in [3.05, 3.63) is 489 Å². The van der Waals surface area contributed by atoms with E-state index in [1.807, 2.05) is 246 Å². The number of halogens is 2. The topological polar surface area (TPSA) is 381 Å². The number of rotatable bonds is 34. The van der Waals surface area contributed by atoms with E-state index in [9.17, 15) is 37.5 Å². The summed E-state index contributed by atoms with van der Waals surface area (Å²) >= 11 is 0. The lowest BCUT2D eigenvalue weighted by Gasteiger charge is -2.43. The fourth-order valence-electron chi connectivity index (χ4n) is 14.7. The summed E-state index contributed by atoms with van der Waals surface area (Å²) in [5, 5.41) is 35.3. The molecule has 16 aromatic rings. The van der Waals surface area contributed by atoms with E-state index in [0.29, 0.717) is 90.7 Å². The number of aryl methyl sites for hydroxylation is 1. The zero-order valence-corrected chi connectivity index (χ0v) is 82.0. The first-order valence-corrected chi connectivity index (χ1v) is 47.9. The number of nitrogens with zero attached hydrogens (tertiary/aromatic N) is 10. The van der Waals surface area contributed by atoms with E-state index in [2.05, 4.69) is 83.9 Å². The Labute approximate surface area is 857 Å². The number of carbonyl (C=O) groups excluding carboxylic acids is 6. The lowest BCUT2D eigenvalue weighted by atomic mass is 9.71. The second-order valence-corrected chi connectivity index (χ2v) is 34.4. The highest BCUT2D eigenvalue weighted by Crippen LogP contribution is 2.42. The van der Waals surface area contributed by atoms with E-state index < -0.39 is 11.6 Å². The van der Waals surface area contributed by atoms with Crippen LogP contribution in [-0.4, -0.2) is 93.9 Å². The monoisotopic (exact) mass is 1980 g/mol. The summed E-state index contributed by atoms with van der Waals surface area (Å²) < 4.78 is 60.3. The van der Waals surface area contributed by atoms with E-state index in [-0.39, 0.29) is 94.9 Å². The molecule has 0 radical (unpaired) electrons. The van der Waals surface area contributed by atoms with Crippen molar-refractivity contribution in [2.45, 2.75) is 136 Å². The summed E-state index contributed by atoms with van der Waals surface area (Å²) in [5.41, 5.74) is 12.9. The molecular formula is C118H110F2N16O12. The molecule has 1 fully saturated rings. The molecule has 6 N–H and O–H groups in total. The number of ether oxygens (including phenoxy) is 6. The number of carbonyl (C=O) groups is 6. The minimum atomic E-state index is -0.535. The third-order valence-electron chi connectivity index (χ3n) is 22.5. The zero-order chi connectivity index (χ0) is 104. The van der Waals surface area contributed by atoms with Gasteiger partial charge in [-0.05, 0) is 246 Å². The molecule has 0 saturated heterocycles. The molecule has 8 aromatic carbocycles. The summed E-state index contributed by atoms with van der Waals surface area (Å²) in [6.45, 7) is 10.2. The van der Waals surface area contributed by atoms with E-state index >= 15 is 0 Å². The number of nitrogens with one attached hydrogen (secondary N) is 6. The molecule has 8 aromatic heterocycles. The molecule has 0 aliphatic heterocycles. The number of amides is 6. The van der Waals surface area contributed by atoms with Crippen LogP contribution < -0.4 is 60.3 Å². The molecule has 2 aliphatic carbocycles. The number of pyridine rings is 8. The second kappa shape index (κ2) is 56.3. The summed E-state index contributed by atoms with van der Waals surface area (Å²) in [4.78, 5) is 107. The Hall–Kier alpha value is -18.6. The van der Waals surface area contributed by atoms with Gasteiger partial charge in [-0.15, -0.1) is 0 Å². The zero-order valence-electron chi connectivity index (χ0n) is 82.0. The lowest BCUT2D eigenvalue weighted by Crippen LogP contribution is -2.50. The van der Waals surface area contributed by atoms with Crippen molar-refractivity contribution in [1.29, 1.82) is 10.5 Å². The number of fused-ring (bicyclic) bond motifs is 1. The molecule has 8 heterocycles. The van der Waals surface area contributed by atoms with Gasteiger partial charge in [-0.1, -0.05) is 140 Å². The molecule has 0 bridgehead atoms. The highest BCUT2D eigenvalue weighted by Gasteiger charge is 2.40. The van der Waals surface area contributed by atoms with Crippen LogP contribution in [0.25, 0.3) is 0 Å². The number of hydrogen-bond acceptors (Lipinski definition) is 22. The quantitative estimate of drug-likeness (QED) is 0.0218. The van der Waals surface area contributed by atoms with Gasteiger partial charge in [0.2, 0.25) is 0 Å². The molecule has 18 rings (SSSR count). The number of nitriles is 2. The van der Waals surface area contributed by atoms with Gasteiger partial charge in [0.1, 0.15) is 85.8 Å². The summed E-state index contributed by atoms with van der Waals surface area (Å²) in [7, 11) is 0. The Morgan fingerprint density at radius 2 is 0.689 bits per heavy atom. The number of benzene rings is 8. The number of hydrogen-bond donors (Lipinski definition) is 6. The minimum Gasteiger partial charge on any atom is -0.487 e. The van der Waals surface area contributed by atoms with Crippen LogP contribution in [-0.2, 0) is 64.6 Å². The Morgan fingerprint density at radius 1 is 0.351 bits per heavy atom. The van der Waals surface area contributed by atoms with Crippen molar-refractivity contribution in [3.8, 4) is 46.6 Å². The molecule has 748 valence electrons. The first kappa shape index (κ1) is 107. The number of para-hydroxylation sites is 4. The maximum absolute atomic E-state index is 13.5. The molecule has 0 spiro atoms. The van der Waals surface area contributed by atoms with Crippen LogP contribution in [0.2, 0.25) is 0 Å². The first-order chi connectivity index (χ1) is 72.1. The van der Waals surface area contributed by atoms with Gasteiger partial charge in [-0.25, -0.2) is 8.78 Å². The molecule has 30 heteroatoms. The maximum Gasteiger partial charge on any atom is 0.253 e. The van der Waals surface area contributed by atoms with E-state index in [4.69, 9.17) is 38.9 Å². The van der Waals surface area contributed by atoms with Crippen molar-refractivity contribution in [3.63, 3.8) is 0 Å². The summed E-state index contributed by atoms with van der Waals surface area (Å²) in [6.07, 6.45) is 18.3. The molecule has 1 atom stereocenters. The van der Waals surface area contributed by atoms with Crippen LogP contribution in [0.15, 0.2) is 371 Å². The number of aromatic nitrogens is 8. The van der Waals surface area contributed by atoms with Gasteiger partial charge in [-0.2, -0.15) is 10.5 Å². The highest BCUT2D eigenvalue weighted by molar-refractivity contribution is 5.97. The average Bonchev–Trinajstić information content (AvgIpc) is 0.914. The SMILES string of the molecule is CC(C)NC(=O)c1ccc(COc2cc(F)cc(C#N)c2)nc1.CC(C)NC(=O)c1ccc(COc2ccccc2)nc1.N#Cc1cc(F)cc(OCc2ccc(C(=O)NC3(c4ccccc4)CCC3)cn2)c1.O=C(NC1CCc2ccccc21)c1ccc(COc2ccccc2)nc1.O=C(NCCc1ccccn1)c1ccc(COc2ccccc2)nc1.O=C(NCc1ccccn1)c1ccc(COc2ccccc2)nc1. The molecular weight excluding hydrogens is 1870 g/mol. The molecule has 28 nitrogen and oxygen atoms in total. The molecule has 148 heavy (non-hydrogen) atoms. The van der Waals surface area contributed by atoms with E-state index in [1.165, 1.54) is 47.8 Å². The fourth-order valence-corrected chi connectivity index (χ4v) is 14.7. The smallest absolute Gasteiger partial charge is 0.253 e. The normalized spacial score (nSPS) is 11.9. The summed E-state index contributed by atoms with van der Waals surface area (Å²) in [5.74, 6) is 1.76. The third-order valence-corrected chi connectivity index (χ3v) is 22.5. The van der Waals surface area contributed by atoms with Crippen molar-refractivity contribution >= 4 is 35.4 Å². The minimum absolute atomic E-state index is 0.0489. The molecule has 6 amide bonds. The van der Waals surface area contributed by atoms with E-state index in [0.717, 1.165) is 107 Å². The third kappa shape index (κ3) is 34.9. The lowest BCUT2D eigenvalue weighted by molar-refractivity contribution is 0.0820. The van der Waals surface area contributed by atoms with Crippen LogP contribution in [0.1, 0.15) is 195 Å². The van der Waals surface area contributed by atoms with Gasteiger partial charge < -0.3 is 60.3 Å². The Kier molecular flexibility index (Phi) is 40.6. The Bertz CT molecular complexity index is 7000. The molecule has 1 saturated carbocycles. The van der Waals surface area contributed by atoms with Gasteiger partial charge in [0.05, 0.1) is 115 Å². The van der Waals surface area contributed by atoms with Crippen LogP contribution in [0.3, 0.4) is 0 Å². The van der Waals surface area contributed by atoms with E-state index in [1.54, 1.807) is 104 Å². The Balaban J connectivity index is 0.000000149. The van der Waals surface area contributed by atoms with Crippen molar-refractivity contribution in [2.75, 3.05) is 6.54 Å². The van der Waals surface area contributed by atoms with Crippen molar-refractivity contribution < 1.29 is 66.0 Å².